The zero-order valence-electron chi connectivity index (χ0n) is 27.3. The molecule has 2 N–H and O–H groups in total. The summed E-state index contributed by atoms with van der Waals surface area (Å²) in [5, 5.41) is 10.6. The van der Waals surface area contributed by atoms with Crippen molar-refractivity contribution in [1.82, 2.24) is 29.8 Å². The molecule has 3 aromatic rings. The second kappa shape index (κ2) is 12.9. The molecule has 4 amide bonds. The molecule has 250 valence electrons. The number of carbonyl (C=O) groups excluding carboxylic acids is 3. The average Bonchev–Trinajstić information content (AvgIpc) is 3.43. The first-order valence-electron chi connectivity index (χ1n) is 16.1. The molecule has 0 unspecified atom stereocenters. The highest BCUT2D eigenvalue weighted by atomic mass is 19.3. The van der Waals surface area contributed by atoms with Gasteiger partial charge in [-0.1, -0.05) is 19.1 Å². The van der Waals surface area contributed by atoms with Crippen LogP contribution in [0.4, 0.5) is 25.0 Å². The first-order valence-corrected chi connectivity index (χ1v) is 16.1. The molecule has 1 aromatic heterocycles. The largest absolute Gasteiger partial charge is 0.366 e. The van der Waals surface area contributed by atoms with Crippen LogP contribution in [-0.2, 0) is 13.1 Å². The Labute approximate surface area is 273 Å². The molecule has 2 aliphatic heterocycles. The number of anilines is 2. The number of benzene rings is 2. The van der Waals surface area contributed by atoms with Gasteiger partial charge >= 0.3 is 6.03 Å². The summed E-state index contributed by atoms with van der Waals surface area (Å²) in [4.78, 5) is 46.3. The van der Waals surface area contributed by atoms with E-state index in [1.54, 1.807) is 47.9 Å². The van der Waals surface area contributed by atoms with Crippen LogP contribution >= 0.6 is 0 Å². The van der Waals surface area contributed by atoms with Crippen molar-refractivity contribution in [3.63, 3.8) is 0 Å². The van der Waals surface area contributed by atoms with E-state index in [2.05, 4.69) is 25.5 Å². The number of hydrogen-bond donors (Lipinski definition) is 2. The number of hydrogen-bond acceptors (Lipinski definition) is 6. The van der Waals surface area contributed by atoms with E-state index in [1.807, 2.05) is 38.2 Å². The fraction of sp³-hybridized carbons (Fsp3) is 0.471. The van der Waals surface area contributed by atoms with Crippen LogP contribution in [0.25, 0.3) is 0 Å². The van der Waals surface area contributed by atoms with Gasteiger partial charge in [-0.3, -0.25) is 14.3 Å². The van der Waals surface area contributed by atoms with E-state index in [1.165, 1.54) is 4.90 Å². The molecule has 1 atom stereocenters. The molecule has 6 rings (SSSR count). The summed E-state index contributed by atoms with van der Waals surface area (Å²) >= 11 is 0. The smallest absolute Gasteiger partial charge is 0.321 e. The molecule has 1 saturated carbocycles. The van der Waals surface area contributed by atoms with E-state index < -0.39 is 12.0 Å². The van der Waals surface area contributed by atoms with Crippen molar-refractivity contribution >= 4 is 29.2 Å². The SMILES string of the molecule is C[C@H]1CN(c2ccc(C(=O)N(C)C)cc2)Cc2c(C(=O)NCc3ccc(NC(=O)N4CCN(C)CC4)cc3)nn(C3CC(F)(F)C3)c21. The fourth-order valence-corrected chi connectivity index (χ4v) is 6.55. The monoisotopic (exact) mass is 648 g/mol. The van der Waals surface area contributed by atoms with Crippen molar-refractivity contribution in [3.8, 4) is 0 Å². The van der Waals surface area contributed by atoms with E-state index in [0.29, 0.717) is 37.4 Å². The van der Waals surface area contributed by atoms with E-state index >= 15 is 0 Å². The standard InChI is InChI=1S/C34H42F2N8O3/c1-22-20-43(26-11-7-24(8-12-26)32(46)40(2)3)21-28-29(39-44(30(22)28)27-17-34(35,36)18-27)31(45)37-19-23-5-9-25(10-6-23)38-33(47)42-15-13-41(4)14-16-42/h5-12,22,27H,13-21H2,1-4H3,(H,37,45)(H,38,47)/t22-/m0/s1. The first-order chi connectivity index (χ1) is 22.4. The summed E-state index contributed by atoms with van der Waals surface area (Å²) in [7, 11) is 5.45. The van der Waals surface area contributed by atoms with Crippen molar-refractivity contribution in [1.29, 1.82) is 0 Å². The lowest BCUT2D eigenvalue weighted by molar-refractivity contribution is -0.107. The van der Waals surface area contributed by atoms with Gasteiger partial charge < -0.3 is 30.2 Å². The van der Waals surface area contributed by atoms with Gasteiger partial charge in [-0.2, -0.15) is 5.10 Å². The molecular formula is C34H42F2N8O3. The van der Waals surface area contributed by atoms with Crippen LogP contribution in [0.2, 0.25) is 0 Å². The number of rotatable bonds is 7. The van der Waals surface area contributed by atoms with Crippen LogP contribution in [0.15, 0.2) is 48.5 Å². The number of amides is 4. The lowest BCUT2D eigenvalue weighted by Crippen LogP contribution is -2.48. The van der Waals surface area contributed by atoms with E-state index in [0.717, 1.165) is 35.6 Å². The predicted octanol–water partition coefficient (Wildman–Crippen LogP) is 4.39. The zero-order chi connectivity index (χ0) is 33.5. The number of nitrogens with one attached hydrogen (secondary N) is 2. The van der Waals surface area contributed by atoms with Gasteiger partial charge in [-0.05, 0) is 49.0 Å². The Bertz CT molecular complexity index is 1620. The van der Waals surface area contributed by atoms with Gasteiger partial charge in [0.05, 0.1) is 6.04 Å². The van der Waals surface area contributed by atoms with Gasteiger partial charge in [0.15, 0.2) is 5.69 Å². The molecule has 3 heterocycles. The number of urea groups is 1. The van der Waals surface area contributed by atoms with Crippen LogP contribution in [0.1, 0.15) is 69.4 Å². The molecule has 47 heavy (non-hydrogen) atoms. The zero-order valence-corrected chi connectivity index (χ0v) is 27.3. The molecule has 2 aromatic carbocycles. The third-order valence-corrected chi connectivity index (χ3v) is 9.32. The van der Waals surface area contributed by atoms with Crippen molar-refractivity contribution in [3.05, 3.63) is 76.6 Å². The number of alkyl halides is 2. The number of halogens is 2. The molecule has 2 fully saturated rings. The topological polar surface area (TPSA) is 106 Å². The van der Waals surface area contributed by atoms with Crippen LogP contribution in [-0.4, -0.2) is 102 Å². The van der Waals surface area contributed by atoms with Gasteiger partial charge in [0.25, 0.3) is 17.7 Å². The van der Waals surface area contributed by atoms with E-state index in [-0.39, 0.29) is 48.8 Å². The highest BCUT2D eigenvalue weighted by molar-refractivity contribution is 5.95. The molecule has 13 heteroatoms. The molecule has 0 bridgehead atoms. The van der Waals surface area contributed by atoms with Gasteiger partial charge in [0, 0.05) is 107 Å². The van der Waals surface area contributed by atoms with Crippen LogP contribution < -0.4 is 15.5 Å². The van der Waals surface area contributed by atoms with Crippen molar-refractivity contribution < 1.29 is 23.2 Å². The van der Waals surface area contributed by atoms with E-state index in [9.17, 15) is 23.2 Å². The van der Waals surface area contributed by atoms with Crippen LogP contribution in [0.3, 0.4) is 0 Å². The predicted molar refractivity (Wildman–Crippen MR) is 175 cm³/mol. The molecule has 1 saturated heterocycles. The first kappa shape index (κ1) is 32.4. The molecular weight excluding hydrogens is 606 g/mol. The number of piperazine rings is 1. The minimum absolute atomic E-state index is 0.0706. The quantitative estimate of drug-likeness (QED) is 0.394. The third kappa shape index (κ3) is 6.95. The minimum atomic E-state index is -2.72. The van der Waals surface area contributed by atoms with Crippen LogP contribution in [0.5, 0.6) is 0 Å². The van der Waals surface area contributed by atoms with Crippen molar-refractivity contribution in [2.24, 2.45) is 0 Å². The Morgan fingerprint density at radius 2 is 1.64 bits per heavy atom. The van der Waals surface area contributed by atoms with Gasteiger partial charge in [-0.25, -0.2) is 13.6 Å². The molecule has 1 aliphatic carbocycles. The Kier molecular flexibility index (Phi) is 8.93. The second-order valence-electron chi connectivity index (χ2n) is 13.2. The Balaban J connectivity index is 1.16. The van der Waals surface area contributed by atoms with Crippen molar-refractivity contribution in [2.75, 3.05) is 64.1 Å². The summed E-state index contributed by atoms with van der Waals surface area (Å²) < 4.78 is 29.5. The summed E-state index contributed by atoms with van der Waals surface area (Å²) in [5.74, 6) is -3.26. The number of nitrogens with zero attached hydrogens (tertiary/aromatic N) is 6. The van der Waals surface area contributed by atoms with Gasteiger partial charge in [0.2, 0.25) is 0 Å². The Morgan fingerprint density at radius 3 is 2.26 bits per heavy atom. The molecule has 0 spiro atoms. The molecule has 0 radical (unpaired) electrons. The number of carbonyl (C=O) groups is 3. The minimum Gasteiger partial charge on any atom is -0.366 e. The summed E-state index contributed by atoms with van der Waals surface area (Å²) in [6.07, 6.45) is -0.588. The van der Waals surface area contributed by atoms with Gasteiger partial charge in [0.1, 0.15) is 0 Å². The average molecular weight is 649 g/mol. The maximum atomic E-state index is 13.9. The van der Waals surface area contributed by atoms with Gasteiger partial charge in [-0.15, -0.1) is 0 Å². The molecule has 3 aliphatic rings. The highest BCUT2D eigenvalue weighted by Crippen LogP contribution is 2.47. The van der Waals surface area contributed by atoms with Crippen molar-refractivity contribution in [2.45, 2.75) is 50.7 Å². The maximum Gasteiger partial charge on any atom is 0.321 e. The highest BCUT2D eigenvalue weighted by Gasteiger charge is 2.48. The second-order valence-corrected chi connectivity index (χ2v) is 13.2. The third-order valence-electron chi connectivity index (χ3n) is 9.32. The number of aromatic nitrogens is 2. The lowest BCUT2D eigenvalue weighted by atomic mass is 9.87. The number of likely N-dealkylation sites (N-methyl/N-ethyl adjacent to an activating group) is 1. The lowest BCUT2D eigenvalue weighted by Gasteiger charge is -2.39. The summed E-state index contributed by atoms with van der Waals surface area (Å²) in [6.45, 7) is 6.28. The number of fused-ring (bicyclic) bond motifs is 1. The summed E-state index contributed by atoms with van der Waals surface area (Å²) in [6, 6.07) is 14.1. The van der Waals surface area contributed by atoms with E-state index in [4.69, 9.17) is 0 Å². The normalized spacial score (nSPS) is 19.5. The fourth-order valence-electron chi connectivity index (χ4n) is 6.55. The summed E-state index contributed by atoms with van der Waals surface area (Å²) in [5.41, 5.74) is 4.77. The molecule has 11 nitrogen and oxygen atoms in total. The maximum absolute atomic E-state index is 13.9. The van der Waals surface area contributed by atoms with Crippen LogP contribution in [0, 0.1) is 0 Å². The Morgan fingerprint density at radius 1 is 0.979 bits per heavy atom. The Hall–Kier alpha value is -4.52.